The summed E-state index contributed by atoms with van der Waals surface area (Å²) >= 11 is 0. The van der Waals surface area contributed by atoms with Crippen molar-refractivity contribution in [3.05, 3.63) is 206 Å². The molecule has 0 fully saturated rings. The van der Waals surface area contributed by atoms with Gasteiger partial charge in [0.1, 0.15) is 11.2 Å². The van der Waals surface area contributed by atoms with Crippen molar-refractivity contribution in [1.82, 2.24) is 0 Å². The molecule has 0 aliphatic carbocycles. The van der Waals surface area contributed by atoms with E-state index in [0.717, 1.165) is 21.9 Å². The lowest BCUT2D eigenvalue weighted by molar-refractivity contribution is 0.669. The van der Waals surface area contributed by atoms with E-state index in [-0.39, 0.29) is 0 Å². The summed E-state index contributed by atoms with van der Waals surface area (Å²) < 4.78 is 6.14. The van der Waals surface area contributed by atoms with Crippen LogP contribution in [0.4, 0.5) is 0 Å². The third kappa shape index (κ3) is 5.32. The largest absolute Gasteiger partial charge is 0.456 e. The van der Waals surface area contributed by atoms with Crippen molar-refractivity contribution in [2.24, 2.45) is 0 Å². The minimum absolute atomic E-state index is 0.912. The molecule has 10 aromatic carbocycles. The van der Waals surface area contributed by atoms with Crippen LogP contribution in [0.5, 0.6) is 0 Å². The smallest absolute Gasteiger partial charge is 0.135 e. The molecule has 1 nitrogen and oxygen atoms in total. The predicted octanol–water partition coefficient (Wildman–Crippen LogP) is 15.4. The van der Waals surface area contributed by atoms with E-state index in [2.05, 4.69) is 194 Å². The number of hydrogen-bond acceptors (Lipinski definition) is 1. The van der Waals surface area contributed by atoms with Crippen LogP contribution in [0.1, 0.15) is 0 Å². The topological polar surface area (TPSA) is 13.1 Å². The van der Waals surface area contributed by atoms with E-state index in [1.807, 2.05) is 12.1 Å². The van der Waals surface area contributed by atoms with E-state index in [9.17, 15) is 0 Å². The number of hydrogen-bond donors (Lipinski definition) is 0. The quantitative estimate of drug-likeness (QED) is 0.163. The molecule has 0 aliphatic rings. The Morgan fingerprint density at radius 3 is 1.33 bits per heavy atom. The molecule has 0 N–H and O–H groups in total. The minimum atomic E-state index is 0.912. The lowest BCUT2D eigenvalue weighted by Gasteiger charge is -2.20. The number of para-hydroxylation sites is 1. The monoisotopic (exact) mass is 698 g/mol. The van der Waals surface area contributed by atoms with E-state index in [1.54, 1.807) is 0 Å². The Bertz CT molecular complexity index is 3240. The molecule has 0 aliphatic heterocycles. The standard InChI is InChI=1S/C54H34O/c1-3-13-36(14-4-1)53-47-28-25-43(41-23-22-35-12-7-8-17-38(35)30-41)34-50(47)54(37-15-5-2-6-16-37)46-27-24-42(33-49(46)53)39-18-11-19-40(31-39)44-26-29-52-48(32-44)45-20-9-10-21-51(45)55-52/h1-34H. The van der Waals surface area contributed by atoms with Crippen LogP contribution in [-0.2, 0) is 0 Å². The van der Waals surface area contributed by atoms with E-state index in [1.165, 1.54) is 88.0 Å². The highest BCUT2D eigenvalue weighted by atomic mass is 16.3. The van der Waals surface area contributed by atoms with Gasteiger partial charge in [-0.1, -0.05) is 164 Å². The van der Waals surface area contributed by atoms with Crippen molar-refractivity contribution in [1.29, 1.82) is 0 Å². The molecule has 1 aromatic heterocycles. The Labute approximate surface area is 319 Å². The zero-order valence-electron chi connectivity index (χ0n) is 30.0. The van der Waals surface area contributed by atoms with Crippen LogP contribution in [0.15, 0.2) is 211 Å². The molecule has 256 valence electrons. The van der Waals surface area contributed by atoms with Gasteiger partial charge in [0.15, 0.2) is 0 Å². The third-order valence-electron chi connectivity index (χ3n) is 11.2. The van der Waals surface area contributed by atoms with Crippen molar-refractivity contribution in [2.45, 2.75) is 0 Å². The molecule has 0 radical (unpaired) electrons. The Hall–Kier alpha value is -7.22. The van der Waals surface area contributed by atoms with Gasteiger partial charge in [-0.05, 0) is 130 Å². The molecule has 0 atom stereocenters. The molecule has 0 saturated heterocycles. The fourth-order valence-electron chi connectivity index (χ4n) is 8.57. The summed E-state index contributed by atoms with van der Waals surface area (Å²) in [4.78, 5) is 0. The van der Waals surface area contributed by atoms with Gasteiger partial charge in [0.05, 0.1) is 0 Å². The normalized spacial score (nSPS) is 11.6. The van der Waals surface area contributed by atoms with Gasteiger partial charge in [-0.25, -0.2) is 0 Å². The lowest BCUT2D eigenvalue weighted by atomic mass is 9.83. The Morgan fingerprint density at radius 2 is 0.673 bits per heavy atom. The van der Waals surface area contributed by atoms with Gasteiger partial charge in [0.2, 0.25) is 0 Å². The van der Waals surface area contributed by atoms with E-state index < -0.39 is 0 Å². The molecule has 0 unspecified atom stereocenters. The van der Waals surface area contributed by atoms with Gasteiger partial charge in [-0.3, -0.25) is 0 Å². The van der Waals surface area contributed by atoms with Gasteiger partial charge in [0, 0.05) is 10.8 Å². The first-order chi connectivity index (χ1) is 27.2. The maximum absolute atomic E-state index is 6.14. The first-order valence-corrected chi connectivity index (χ1v) is 18.9. The highest BCUT2D eigenvalue weighted by molar-refractivity contribution is 6.22. The number of benzene rings is 10. The molecule has 0 amide bonds. The van der Waals surface area contributed by atoms with Crippen LogP contribution < -0.4 is 0 Å². The summed E-state index contributed by atoms with van der Waals surface area (Å²) in [5, 5.41) is 9.76. The second-order valence-corrected chi connectivity index (χ2v) is 14.5. The van der Waals surface area contributed by atoms with E-state index in [4.69, 9.17) is 4.42 Å². The first kappa shape index (κ1) is 31.3. The Kier molecular flexibility index (Phi) is 7.25. The van der Waals surface area contributed by atoms with Crippen LogP contribution in [0.2, 0.25) is 0 Å². The van der Waals surface area contributed by atoms with Crippen LogP contribution in [0, 0.1) is 0 Å². The summed E-state index contributed by atoms with van der Waals surface area (Å²) in [6, 6.07) is 75.0. The maximum atomic E-state index is 6.14. The SMILES string of the molecule is c1ccc(-c2c3ccc(-c4ccc5ccccc5c4)cc3c(-c3ccccc3)c3ccc(-c4cccc(-c5ccc6oc7ccccc7c6c5)c4)cc23)cc1. The van der Waals surface area contributed by atoms with Crippen LogP contribution in [-0.4, -0.2) is 0 Å². The van der Waals surface area contributed by atoms with Crippen molar-refractivity contribution < 1.29 is 4.42 Å². The van der Waals surface area contributed by atoms with E-state index >= 15 is 0 Å². The van der Waals surface area contributed by atoms with Crippen LogP contribution >= 0.6 is 0 Å². The fourth-order valence-corrected chi connectivity index (χ4v) is 8.57. The van der Waals surface area contributed by atoms with Gasteiger partial charge in [-0.15, -0.1) is 0 Å². The second kappa shape index (κ2) is 12.7. The molecule has 0 saturated carbocycles. The van der Waals surface area contributed by atoms with Crippen LogP contribution in [0.3, 0.4) is 0 Å². The summed E-state index contributed by atoms with van der Waals surface area (Å²) in [5.74, 6) is 0. The minimum Gasteiger partial charge on any atom is -0.456 e. The molecule has 0 bridgehead atoms. The van der Waals surface area contributed by atoms with Crippen molar-refractivity contribution in [3.8, 4) is 55.6 Å². The summed E-state index contributed by atoms with van der Waals surface area (Å²) in [6.45, 7) is 0. The zero-order valence-corrected chi connectivity index (χ0v) is 30.0. The summed E-state index contributed by atoms with van der Waals surface area (Å²) in [5.41, 5.74) is 13.9. The Balaban J connectivity index is 1.13. The molecular formula is C54H34O. The predicted molar refractivity (Wildman–Crippen MR) is 233 cm³/mol. The van der Waals surface area contributed by atoms with Gasteiger partial charge >= 0.3 is 0 Å². The van der Waals surface area contributed by atoms with Gasteiger partial charge < -0.3 is 4.42 Å². The molecule has 1 heteroatoms. The molecular weight excluding hydrogens is 665 g/mol. The first-order valence-electron chi connectivity index (χ1n) is 18.9. The van der Waals surface area contributed by atoms with Crippen molar-refractivity contribution in [2.75, 3.05) is 0 Å². The number of rotatable bonds is 5. The molecule has 0 spiro atoms. The average Bonchev–Trinajstić information content (AvgIpc) is 3.64. The molecule has 11 aromatic rings. The zero-order chi connectivity index (χ0) is 36.3. The van der Waals surface area contributed by atoms with Crippen LogP contribution in [0.25, 0.3) is 110 Å². The highest BCUT2D eigenvalue weighted by Gasteiger charge is 2.19. The maximum Gasteiger partial charge on any atom is 0.135 e. The third-order valence-corrected chi connectivity index (χ3v) is 11.2. The summed E-state index contributed by atoms with van der Waals surface area (Å²) in [6.07, 6.45) is 0. The molecule has 11 rings (SSSR count). The highest BCUT2D eigenvalue weighted by Crippen LogP contribution is 2.46. The fraction of sp³-hybridized carbons (Fsp3) is 0. The number of fused-ring (bicyclic) bond motifs is 6. The Morgan fingerprint density at radius 1 is 0.218 bits per heavy atom. The van der Waals surface area contributed by atoms with Gasteiger partial charge in [0.25, 0.3) is 0 Å². The van der Waals surface area contributed by atoms with Gasteiger partial charge in [-0.2, -0.15) is 0 Å². The molecule has 1 heterocycles. The number of furan rings is 1. The van der Waals surface area contributed by atoms with Crippen molar-refractivity contribution >= 4 is 54.3 Å². The molecule has 55 heavy (non-hydrogen) atoms. The second-order valence-electron chi connectivity index (χ2n) is 14.5. The summed E-state index contributed by atoms with van der Waals surface area (Å²) in [7, 11) is 0. The van der Waals surface area contributed by atoms with E-state index in [0.29, 0.717) is 0 Å². The van der Waals surface area contributed by atoms with Crippen molar-refractivity contribution in [3.63, 3.8) is 0 Å². The lowest BCUT2D eigenvalue weighted by Crippen LogP contribution is -1.92. The average molecular weight is 699 g/mol.